The predicted octanol–water partition coefficient (Wildman–Crippen LogP) is 5.76. The van der Waals surface area contributed by atoms with Crippen molar-refractivity contribution < 1.29 is 18.3 Å². The van der Waals surface area contributed by atoms with Crippen LogP contribution in [0.1, 0.15) is 68.0 Å². The minimum absolute atomic E-state index is 0.0316. The molecule has 1 aliphatic rings. The molecule has 2 unspecified atom stereocenters. The molecule has 11 heteroatoms. The third-order valence-corrected chi connectivity index (χ3v) is 18.9. The fourth-order valence-electron chi connectivity index (χ4n) is 3.58. The van der Waals surface area contributed by atoms with Crippen LogP contribution in [0.5, 0.6) is 0 Å². The second-order valence-corrected chi connectivity index (χ2v) is 25.1. The van der Waals surface area contributed by atoms with Crippen molar-refractivity contribution in [2.45, 2.75) is 127 Å². The normalized spacial score (nSPS) is 23.7. The van der Waals surface area contributed by atoms with Gasteiger partial charge in [0, 0.05) is 23.6 Å². The summed E-state index contributed by atoms with van der Waals surface area (Å²) in [4.78, 5) is 27.0. The molecule has 0 spiro atoms. The molecule has 0 aromatic carbocycles. The molecule has 38 heavy (non-hydrogen) atoms. The largest absolute Gasteiger partial charge is 0.414 e. The molecule has 1 aromatic rings. The van der Waals surface area contributed by atoms with Crippen LogP contribution in [0.4, 0.5) is 0 Å². The second-order valence-electron chi connectivity index (χ2n) is 14.0. The summed E-state index contributed by atoms with van der Waals surface area (Å²) in [6.45, 7) is 27.3. The van der Waals surface area contributed by atoms with Gasteiger partial charge in [-0.3, -0.25) is 14.3 Å². The highest BCUT2D eigenvalue weighted by atomic mass is 32.2. The van der Waals surface area contributed by atoms with Crippen molar-refractivity contribution in [2.75, 3.05) is 19.5 Å². The highest BCUT2D eigenvalue weighted by molar-refractivity contribution is 7.99. The van der Waals surface area contributed by atoms with Gasteiger partial charge in [0.05, 0.1) is 6.61 Å². The van der Waals surface area contributed by atoms with Gasteiger partial charge in [-0.1, -0.05) is 55.4 Å². The Labute approximate surface area is 235 Å². The van der Waals surface area contributed by atoms with Crippen molar-refractivity contribution in [1.29, 1.82) is 0 Å². The Morgan fingerprint density at radius 2 is 1.55 bits per heavy atom. The van der Waals surface area contributed by atoms with Gasteiger partial charge in [-0.25, -0.2) is 4.79 Å². The van der Waals surface area contributed by atoms with Gasteiger partial charge in [-0.2, -0.15) is 11.8 Å². The molecule has 0 saturated carbocycles. The Morgan fingerprint density at radius 3 is 2.05 bits per heavy atom. The zero-order valence-corrected chi connectivity index (χ0v) is 28.7. The van der Waals surface area contributed by atoms with Crippen LogP contribution in [-0.2, 0) is 18.3 Å². The van der Waals surface area contributed by atoms with E-state index in [0.29, 0.717) is 13.2 Å². The van der Waals surface area contributed by atoms with Crippen LogP contribution in [-0.4, -0.2) is 68.7 Å². The van der Waals surface area contributed by atoms with Crippen molar-refractivity contribution in [3.63, 3.8) is 0 Å². The quantitative estimate of drug-likeness (QED) is 0.329. The molecule has 4 atom stereocenters. The molecule has 0 aliphatic carbocycles. The van der Waals surface area contributed by atoms with Gasteiger partial charge >= 0.3 is 5.69 Å². The molecular weight excluding hydrogens is 537 g/mol. The number of rotatable bonds is 11. The Morgan fingerprint density at radius 1 is 0.974 bits per heavy atom. The zero-order chi connectivity index (χ0) is 29.3. The molecular formula is C27H52N2O6SSi2. The Hall–Kier alpha value is -0.696. The van der Waals surface area contributed by atoms with Crippen LogP contribution >= 0.6 is 11.8 Å². The van der Waals surface area contributed by atoms with Crippen LogP contribution < -0.4 is 11.2 Å². The maximum atomic E-state index is 12.9. The average Bonchev–Trinajstić information content (AvgIpc) is 3.07. The second kappa shape index (κ2) is 12.0. The van der Waals surface area contributed by atoms with Gasteiger partial charge < -0.3 is 18.3 Å². The van der Waals surface area contributed by atoms with E-state index in [1.807, 2.05) is 0 Å². The first-order valence-corrected chi connectivity index (χ1v) is 20.6. The maximum absolute atomic E-state index is 12.9. The topological polar surface area (TPSA) is 91.8 Å². The predicted molar refractivity (Wildman–Crippen MR) is 162 cm³/mol. The van der Waals surface area contributed by atoms with E-state index >= 15 is 0 Å². The Kier molecular flexibility index (Phi) is 10.6. The van der Waals surface area contributed by atoms with Crippen LogP contribution in [0.3, 0.4) is 0 Å². The summed E-state index contributed by atoms with van der Waals surface area (Å²) >= 11 is 1.79. The average molecular weight is 589 g/mol. The number of nitrogens with zero attached hydrogens (tertiary/aromatic N) is 1. The number of hydrogen-bond donors (Lipinski definition) is 1. The van der Waals surface area contributed by atoms with Gasteiger partial charge in [0.25, 0.3) is 5.56 Å². The Bertz CT molecular complexity index is 1040. The van der Waals surface area contributed by atoms with E-state index in [-0.39, 0.29) is 14.8 Å². The van der Waals surface area contributed by atoms with Crippen LogP contribution in [0, 0.1) is 0 Å². The SMILES string of the molecule is CSC(C)(C)CCOC1C(O[Si](C)(C)C(C)(C)C)[C@@H](CO[Si](C)(C)C(C)(C)C)O[C@H]1n1ccc(=O)[nH]c1=O. The molecule has 2 rings (SSSR count). The molecule has 2 heterocycles. The monoisotopic (exact) mass is 588 g/mol. The van der Waals surface area contributed by atoms with Crippen LogP contribution in [0.2, 0.25) is 36.3 Å². The summed E-state index contributed by atoms with van der Waals surface area (Å²) in [6.07, 6.45) is 2.25. The minimum Gasteiger partial charge on any atom is -0.414 e. The summed E-state index contributed by atoms with van der Waals surface area (Å²) in [6, 6.07) is 1.34. The Balaban J connectivity index is 2.52. The molecule has 1 aliphatic heterocycles. The van der Waals surface area contributed by atoms with Gasteiger partial charge in [0.1, 0.15) is 18.3 Å². The van der Waals surface area contributed by atoms with Crippen LogP contribution in [0.15, 0.2) is 21.9 Å². The first-order valence-electron chi connectivity index (χ1n) is 13.6. The number of nitrogens with one attached hydrogen (secondary N) is 1. The molecule has 0 radical (unpaired) electrons. The van der Waals surface area contributed by atoms with Crippen molar-refractivity contribution in [1.82, 2.24) is 9.55 Å². The maximum Gasteiger partial charge on any atom is 0.330 e. The van der Waals surface area contributed by atoms with Crippen molar-refractivity contribution in [3.05, 3.63) is 33.1 Å². The third kappa shape index (κ3) is 8.17. The standard InChI is InChI=1S/C27H52N2O6SSi2/c1-25(2,3)37(10,11)33-18-19-21(35-38(12,13)26(4,5)6)22(32-17-15-27(7,8)36-9)23(34-19)29-16-14-20(30)28-24(29)31/h14,16,19,21-23H,15,17-18H2,1-13H3,(H,28,30,31)/t19-,21?,22?,23-/m1/s1. The molecule has 0 bridgehead atoms. The molecule has 1 saturated heterocycles. The molecule has 220 valence electrons. The lowest BCUT2D eigenvalue weighted by Crippen LogP contribution is -2.52. The zero-order valence-electron chi connectivity index (χ0n) is 25.9. The van der Waals surface area contributed by atoms with Gasteiger partial charge in [-0.15, -0.1) is 0 Å². The number of ether oxygens (including phenoxy) is 2. The number of H-pyrrole nitrogens is 1. The van der Waals surface area contributed by atoms with E-state index in [1.54, 1.807) is 11.8 Å². The van der Waals surface area contributed by atoms with Crippen molar-refractivity contribution in [2.24, 2.45) is 0 Å². The van der Waals surface area contributed by atoms with E-state index in [4.69, 9.17) is 18.3 Å². The summed E-state index contributed by atoms with van der Waals surface area (Å²) in [5.74, 6) is 0. The summed E-state index contributed by atoms with van der Waals surface area (Å²) < 4.78 is 28.2. The molecule has 1 fully saturated rings. The molecule has 1 N–H and O–H groups in total. The lowest BCUT2D eigenvalue weighted by Gasteiger charge is -2.41. The lowest BCUT2D eigenvalue weighted by atomic mass is 10.1. The van der Waals surface area contributed by atoms with E-state index < -0.39 is 52.4 Å². The highest BCUT2D eigenvalue weighted by Gasteiger charge is 2.52. The number of aromatic amines is 1. The van der Waals surface area contributed by atoms with Crippen molar-refractivity contribution >= 4 is 28.4 Å². The van der Waals surface area contributed by atoms with E-state index in [1.165, 1.54) is 16.8 Å². The first kappa shape index (κ1) is 33.5. The summed E-state index contributed by atoms with van der Waals surface area (Å²) in [7, 11) is -4.33. The molecule has 8 nitrogen and oxygen atoms in total. The molecule has 0 amide bonds. The van der Waals surface area contributed by atoms with Gasteiger partial charge in [-0.05, 0) is 48.9 Å². The number of thioether (sulfide) groups is 1. The lowest BCUT2D eigenvalue weighted by molar-refractivity contribution is -0.0745. The van der Waals surface area contributed by atoms with E-state index in [0.717, 1.165) is 6.42 Å². The van der Waals surface area contributed by atoms with Gasteiger partial charge in [0.15, 0.2) is 22.9 Å². The fourth-order valence-corrected chi connectivity index (χ4v) is 6.20. The first-order chi connectivity index (χ1) is 17.1. The number of hydrogen-bond acceptors (Lipinski definition) is 7. The fraction of sp³-hybridized carbons (Fsp3) is 0.852. The van der Waals surface area contributed by atoms with E-state index in [9.17, 15) is 9.59 Å². The number of aromatic nitrogens is 2. The van der Waals surface area contributed by atoms with Gasteiger partial charge in [0.2, 0.25) is 0 Å². The van der Waals surface area contributed by atoms with E-state index in [2.05, 4.69) is 92.8 Å². The summed E-state index contributed by atoms with van der Waals surface area (Å²) in [5.41, 5.74) is -0.979. The minimum atomic E-state index is -2.25. The molecule has 1 aromatic heterocycles. The highest BCUT2D eigenvalue weighted by Crippen LogP contribution is 2.43. The summed E-state index contributed by atoms with van der Waals surface area (Å²) in [5, 5.41) is 0.00604. The van der Waals surface area contributed by atoms with Crippen molar-refractivity contribution in [3.8, 4) is 0 Å². The third-order valence-electron chi connectivity index (χ3n) is 8.63. The van der Waals surface area contributed by atoms with Crippen LogP contribution in [0.25, 0.3) is 0 Å². The smallest absolute Gasteiger partial charge is 0.330 e.